The number of aryl methyl sites for hydroxylation is 1. The molecule has 0 unspecified atom stereocenters. The van der Waals surface area contributed by atoms with Crippen molar-refractivity contribution in [1.82, 2.24) is 4.98 Å². The number of amides is 2. The van der Waals surface area contributed by atoms with Gasteiger partial charge >= 0.3 is 5.97 Å². The Bertz CT molecular complexity index is 1730. The Morgan fingerprint density at radius 2 is 1.64 bits per heavy atom. The number of ketones is 1. The molecule has 1 aliphatic carbocycles. The van der Waals surface area contributed by atoms with E-state index in [1.807, 2.05) is 25.1 Å². The Morgan fingerprint density at radius 3 is 2.38 bits per heavy atom. The molecule has 2 heterocycles. The normalized spacial score (nSPS) is 20.1. The summed E-state index contributed by atoms with van der Waals surface area (Å²) < 4.78 is 6.32. The van der Waals surface area contributed by atoms with Crippen molar-refractivity contribution in [2.24, 2.45) is 17.8 Å². The lowest BCUT2D eigenvalue weighted by Crippen LogP contribution is -2.30. The maximum absolute atomic E-state index is 13.3. The van der Waals surface area contributed by atoms with E-state index in [1.54, 1.807) is 54.6 Å². The van der Waals surface area contributed by atoms with Gasteiger partial charge in [0.05, 0.1) is 34.3 Å². The minimum absolute atomic E-state index is 0.119. The molecule has 3 aromatic carbocycles. The number of rotatable bonds is 6. The molecule has 4 aromatic rings. The zero-order valence-electron chi connectivity index (χ0n) is 23.3. The lowest BCUT2D eigenvalue weighted by molar-refractivity contribution is -0.122. The fraction of sp³-hybridized carbons (Fsp3) is 0.265. The standard InChI is InChI=1S/C34H29BrN2O5/c1-19-3-13-25-27(16-19)33(40)37(32(25)39)24-11-7-21(8-12-24)30-17-28(26-15-20(2)4-14-29(26)36-30)34(41)42-18-31(38)22-5-9-23(35)10-6-22/h4-12,14-15,17,19,25,27H,3,13,16,18H2,1-2H3/t19-,25-,27+/m1/s1. The molecule has 1 aromatic heterocycles. The van der Waals surface area contributed by atoms with E-state index < -0.39 is 12.6 Å². The van der Waals surface area contributed by atoms with Gasteiger partial charge in [-0.2, -0.15) is 0 Å². The highest BCUT2D eigenvalue weighted by Gasteiger charge is 2.49. The number of benzene rings is 3. The second-order valence-corrected chi connectivity index (χ2v) is 12.2. The van der Waals surface area contributed by atoms with Crippen LogP contribution in [0.4, 0.5) is 5.69 Å². The van der Waals surface area contributed by atoms with Crippen LogP contribution in [0.5, 0.6) is 0 Å². The number of hydrogen-bond donors (Lipinski definition) is 0. The first-order chi connectivity index (χ1) is 20.2. The van der Waals surface area contributed by atoms with Gasteiger partial charge in [-0.3, -0.25) is 19.3 Å². The third-order valence-corrected chi connectivity index (χ3v) is 8.82. The number of anilines is 1. The SMILES string of the molecule is Cc1ccc2nc(-c3ccc(N4C(=O)[C@H]5C[C@H](C)CC[C@H]5C4=O)cc3)cc(C(=O)OCC(=O)c3ccc(Br)cc3)c2c1. The summed E-state index contributed by atoms with van der Waals surface area (Å²) in [6.45, 7) is 3.67. The zero-order chi connectivity index (χ0) is 29.5. The number of halogens is 1. The number of ether oxygens (including phenoxy) is 1. The quantitative estimate of drug-likeness (QED) is 0.131. The smallest absolute Gasteiger partial charge is 0.339 e. The number of carbonyl (C=O) groups is 4. The van der Waals surface area contributed by atoms with Crippen molar-refractivity contribution in [3.8, 4) is 11.3 Å². The zero-order valence-corrected chi connectivity index (χ0v) is 24.9. The predicted octanol–water partition coefficient (Wildman–Crippen LogP) is 6.94. The van der Waals surface area contributed by atoms with Gasteiger partial charge in [0.25, 0.3) is 0 Å². The average molecular weight is 626 g/mol. The van der Waals surface area contributed by atoms with Crippen LogP contribution < -0.4 is 4.90 Å². The first kappa shape index (κ1) is 28.0. The molecule has 0 spiro atoms. The molecule has 7 nitrogen and oxygen atoms in total. The molecule has 2 aliphatic rings. The summed E-state index contributed by atoms with van der Waals surface area (Å²) in [5.74, 6) is -1.20. The lowest BCUT2D eigenvalue weighted by Gasteiger charge is -2.25. The number of nitrogens with zero attached hydrogens (tertiary/aromatic N) is 2. The van der Waals surface area contributed by atoms with E-state index in [1.165, 1.54) is 4.90 Å². The first-order valence-corrected chi connectivity index (χ1v) is 14.8. The second kappa shape index (κ2) is 11.2. The summed E-state index contributed by atoms with van der Waals surface area (Å²) in [6.07, 6.45) is 2.46. The van der Waals surface area contributed by atoms with Gasteiger partial charge in [-0.1, -0.05) is 58.7 Å². The predicted molar refractivity (Wildman–Crippen MR) is 163 cm³/mol. The molecule has 2 amide bonds. The van der Waals surface area contributed by atoms with Crippen molar-refractivity contribution < 1.29 is 23.9 Å². The van der Waals surface area contributed by atoms with Crippen molar-refractivity contribution in [3.05, 3.63) is 94.0 Å². The van der Waals surface area contributed by atoms with E-state index in [0.29, 0.717) is 44.9 Å². The molecule has 3 atom stereocenters. The monoisotopic (exact) mass is 624 g/mol. The summed E-state index contributed by atoms with van der Waals surface area (Å²) in [6, 6.07) is 21.3. The van der Waals surface area contributed by atoms with E-state index in [2.05, 4.69) is 22.9 Å². The third kappa shape index (κ3) is 5.27. The van der Waals surface area contributed by atoms with Crippen molar-refractivity contribution in [1.29, 1.82) is 0 Å². The van der Waals surface area contributed by atoms with Gasteiger partial charge in [0.15, 0.2) is 12.4 Å². The summed E-state index contributed by atoms with van der Waals surface area (Å²) >= 11 is 3.35. The Hall–Kier alpha value is -4.17. The lowest BCUT2D eigenvalue weighted by atomic mass is 9.76. The van der Waals surface area contributed by atoms with E-state index >= 15 is 0 Å². The number of imide groups is 1. The van der Waals surface area contributed by atoms with Crippen molar-refractivity contribution >= 4 is 56.1 Å². The summed E-state index contributed by atoms with van der Waals surface area (Å²) in [5, 5.41) is 0.626. The van der Waals surface area contributed by atoms with E-state index in [9.17, 15) is 19.2 Å². The fourth-order valence-electron chi connectivity index (χ4n) is 6.01. The Balaban J connectivity index is 1.27. The number of hydrogen-bond acceptors (Lipinski definition) is 6. The van der Waals surface area contributed by atoms with Crippen LogP contribution in [-0.4, -0.2) is 35.2 Å². The van der Waals surface area contributed by atoms with Gasteiger partial charge < -0.3 is 4.74 Å². The minimum atomic E-state index is -0.624. The number of fused-ring (bicyclic) bond motifs is 2. The van der Waals surface area contributed by atoms with Crippen LogP contribution in [0.1, 0.15) is 52.5 Å². The minimum Gasteiger partial charge on any atom is -0.454 e. The topological polar surface area (TPSA) is 93.6 Å². The molecule has 1 aliphatic heterocycles. The van der Waals surface area contributed by atoms with Crippen LogP contribution in [0.15, 0.2) is 77.3 Å². The van der Waals surface area contributed by atoms with Gasteiger partial charge in [-0.15, -0.1) is 0 Å². The summed E-state index contributed by atoms with van der Waals surface area (Å²) in [4.78, 5) is 58.3. The molecule has 0 N–H and O–H groups in total. The molecule has 8 heteroatoms. The molecular formula is C34H29BrN2O5. The second-order valence-electron chi connectivity index (χ2n) is 11.3. The first-order valence-electron chi connectivity index (χ1n) is 14.0. The highest BCUT2D eigenvalue weighted by atomic mass is 79.9. The number of Topliss-reactive ketones (excluding diaryl/α,β-unsaturated/α-hetero) is 1. The molecule has 1 saturated carbocycles. The van der Waals surface area contributed by atoms with Crippen LogP contribution in [-0.2, 0) is 14.3 Å². The number of pyridine rings is 1. The molecule has 42 heavy (non-hydrogen) atoms. The van der Waals surface area contributed by atoms with Crippen LogP contribution in [0, 0.1) is 24.7 Å². The Kier molecular flexibility index (Phi) is 7.49. The third-order valence-electron chi connectivity index (χ3n) is 8.29. The highest BCUT2D eigenvalue weighted by molar-refractivity contribution is 9.10. The van der Waals surface area contributed by atoms with Gasteiger partial charge in [0.1, 0.15) is 0 Å². The maximum atomic E-state index is 13.3. The van der Waals surface area contributed by atoms with E-state index in [0.717, 1.165) is 29.3 Å². The van der Waals surface area contributed by atoms with Crippen LogP contribution in [0.3, 0.4) is 0 Å². The Morgan fingerprint density at radius 1 is 0.929 bits per heavy atom. The maximum Gasteiger partial charge on any atom is 0.339 e. The number of esters is 1. The van der Waals surface area contributed by atoms with Crippen molar-refractivity contribution in [3.63, 3.8) is 0 Å². The van der Waals surface area contributed by atoms with Gasteiger partial charge in [-0.25, -0.2) is 9.78 Å². The number of aromatic nitrogens is 1. The molecule has 2 fully saturated rings. The average Bonchev–Trinajstić information content (AvgIpc) is 3.24. The van der Waals surface area contributed by atoms with Gasteiger partial charge in [0, 0.05) is 21.0 Å². The summed E-state index contributed by atoms with van der Waals surface area (Å²) in [7, 11) is 0. The highest BCUT2D eigenvalue weighted by Crippen LogP contribution is 2.42. The van der Waals surface area contributed by atoms with Crippen LogP contribution in [0.25, 0.3) is 22.2 Å². The van der Waals surface area contributed by atoms with Crippen molar-refractivity contribution in [2.45, 2.75) is 33.1 Å². The van der Waals surface area contributed by atoms with Crippen LogP contribution in [0.2, 0.25) is 0 Å². The molecule has 1 saturated heterocycles. The summed E-state index contributed by atoms with van der Waals surface area (Å²) in [5.41, 5.74) is 4.10. The van der Waals surface area contributed by atoms with Crippen molar-refractivity contribution in [2.75, 3.05) is 11.5 Å². The van der Waals surface area contributed by atoms with Gasteiger partial charge in [0.2, 0.25) is 11.8 Å². The molecule has 6 rings (SSSR count). The molecule has 0 radical (unpaired) electrons. The largest absolute Gasteiger partial charge is 0.454 e. The number of carbonyl (C=O) groups excluding carboxylic acids is 4. The molecule has 0 bridgehead atoms. The fourth-order valence-corrected chi connectivity index (χ4v) is 6.27. The Labute approximate surface area is 252 Å². The van der Waals surface area contributed by atoms with Gasteiger partial charge in [-0.05, 0) is 74.6 Å². The van der Waals surface area contributed by atoms with E-state index in [-0.39, 0.29) is 29.4 Å². The van der Waals surface area contributed by atoms with E-state index in [4.69, 9.17) is 9.72 Å². The molecule has 212 valence electrons. The van der Waals surface area contributed by atoms with Crippen LogP contribution >= 0.6 is 15.9 Å². The molecular weight excluding hydrogens is 596 g/mol.